The van der Waals surface area contributed by atoms with Crippen LogP contribution >= 0.6 is 24.0 Å². The van der Waals surface area contributed by atoms with Crippen molar-refractivity contribution in [2.24, 2.45) is 0 Å². The lowest BCUT2D eigenvalue weighted by atomic mass is 10.1. The Morgan fingerprint density at radius 3 is 2.88 bits per heavy atom. The maximum atomic E-state index is 5.52. The average Bonchev–Trinajstić information content (AvgIpc) is 2.61. The fourth-order valence-corrected chi connectivity index (χ4v) is 3.34. The molecule has 2 rings (SSSR count). The second-order valence-corrected chi connectivity index (χ2v) is 7.00. The minimum atomic E-state index is 0.490. The molecule has 0 bridgehead atoms. The van der Waals surface area contributed by atoms with Gasteiger partial charge in [-0.25, -0.2) is 0 Å². The molecule has 25 heavy (non-hydrogen) atoms. The number of nitrogens with one attached hydrogen (secondary N) is 2. The number of hydrogen-bond donors (Lipinski definition) is 2. The standard InChI is InChI=1S/C20H24N2OS2/c1-3-12-23-19-10-6-9-18(14-19)22-20(24)21-11-13-25-15-17-8-5-4-7-16(17)2/h3-10,14H,1,11-13,15H2,2H3,(H2,21,22,24). The van der Waals surface area contributed by atoms with Crippen LogP contribution in [0.3, 0.4) is 0 Å². The quantitative estimate of drug-likeness (QED) is 0.376. The molecule has 0 saturated heterocycles. The van der Waals surface area contributed by atoms with Crippen LogP contribution in [0.15, 0.2) is 61.2 Å². The molecule has 0 spiro atoms. The van der Waals surface area contributed by atoms with Gasteiger partial charge in [0.25, 0.3) is 0 Å². The third kappa shape index (κ3) is 7.20. The second-order valence-electron chi connectivity index (χ2n) is 5.49. The minimum absolute atomic E-state index is 0.490. The van der Waals surface area contributed by atoms with Gasteiger partial charge in [0, 0.05) is 29.8 Å². The molecule has 0 aliphatic carbocycles. The van der Waals surface area contributed by atoms with Gasteiger partial charge >= 0.3 is 0 Å². The third-order valence-electron chi connectivity index (χ3n) is 3.51. The third-order valence-corrected chi connectivity index (χ3v) is 4.76. The summed E-state index contributed by atoms with van der Waals surface area (Å²) in [5, 5.41) is 7.04. The summed E-state index contributed by atoms with van der Waals surface area (Å²) in [7, 11) is 0. The lowest BCUT2D eigenvalue weighted by Gasteiger charge is -2.12. The predicted molar refractivity (Wildman–Crippen MR) is 114 cm³/mol. The fraction of sp³-hybridized carbons (Fsp3) is 0.250. The second kappa shape index (κ2) is 10.8. The van der Waals surface area contributed by atoms with Crippen molar-refractivity contribution in [3.63, 3.8) is 0 Å². The van der Waals surface area contributed by atoms with E-state index in [9.17, 15) is 0 Å². The monoisotopic (exact) mass is 372 g/mol. The van der Waals surface area contributed by atoms with Gasteiger partial charge in [0.2, 0.25) is 0 Å². The first-order valence-electron chi connectivity index (χ1n) is 8.20. The Bertz CT molecular complexity index is 704. The average molecular weight is 373 g/mol. The van der Waals surface area contributed by atoms with Crippen LogP contribution in [-0.4, -0.2) is 24.0 Å². The summed E-state index contributed by atoms with van der Waals surface area (Å²) in [5.74, 6) is 2.82. The van der Waals surface area contributed by atoms with Crippen LogP contribution in [0.1, 0.15) is 11.1 Å². The highest BCUT2D eigenvalue weighted by Gasteiger charge is 2.01. The van der Waals surface area contributed by atoms with E-state index in [-0.39, 0.29) is 0 Å². The molecular weight excluding hydrogens is 348 g/mol. The Hall–Kier alpha value is -1.98. The van der Waals surface area contributed by atoms with E-state index in [4.69, 9.17) is 17.0 Å². The van der Waals surface area contributed by atoms with Crippen molar-refractivity contribution in [2.75, 3.05) is 24.2 Å². The van der Waals surface area contributed by atoms with E-state index < -0.39 is 0 Å². The molecule has 0 radical (unpaired) electrons. The topological polar surface area (TPSA) is 33.3 Å². The number of rotatable bonds is 9. The van der Waals surface area contributed by atoms with Gasteiger partial charge in [0.05, 0.1) is 0 Å². The van der Waals surface area contributed by atoms with Gasteiger partial charge in [-0.15, -0.1) is 0 Å². The van der Waals surface area contributed by atoms with Crippen LogP contribution in [0.2, 0.25) is 0 Å². The predicted octanol–water partition coefficient (Wildman–Crippen LogP) is 4.78. The maximum Gasteiger partial charge on any atom is 0.170 e. The Labute approximate surface area is 159 Å². The van der Waals surface area contributed by atoms with Gasteiger partial charge in [-0.05, 0) is 42.4 Å². The van der Waals surface area contributed by atoms with Crippen molar-refractivity contribution in [3.8, 4) is 5.75 Å². The summed E-state index contributed by atoms with van der Waals surface area (Å²) in [6.45, 7) is 7.12. The highest BCUT2D eigenvalue weighted by molar-refractivity contribution is 7.98. The van der Waals surface area contributed by atoms with Crippen molar-refractivity contribution in [1.29, 1.82) is 0 Å². The molecule has 0 heterocycles. The van der Waals surface area contributed by atoms with Gasteiger partial charge in [-0.1, -0.05) is 43.0 Å². The number of anilines is 1. The van der Waals surface area contributed by atoms with Crippen molar-refractivity contribution in [3.05, 3.63) is 72.3 Å². The summed E-state index contributed by atoms with van der Waals surface area (Å²) in [6, 6.07) is 16.2. The Balaban J connectivity index is 1.67. The highest BCUT2D eigenvalue weighted by Crippen LogP contribution is 2.17. The van der Waals surface area contributed by atoms with E-state index in [0.29, 0.717) is 11.7 Å². The first kappa shape index (κ1) is 19.3. The largest absolute Gasteiger partial charge is 0.489 e. The van der Waals surface area contributed by atoms with E-state index in [1.165, 1.54) is 11.1 Å². The number of hydrogen-bond acceptors (Lipinski definition) is 3. The summed E-state index contributed by atoms with van der Waals surface area (Å²) in [6.07, 6.45) is 1.72. The Morgan fingerprint density at radius 2 is 2.08 bits per heavy atom. The van der Waals surface area contributed by atoms with Crippen LogP contribution in [-0.2, 0) is 5.75 Å². The van der Waals surface area contributed by atoms with Crippen molar-refractivity contribution < 1.29 is 4.74 Å². The maximum absolute atomic E-state index is 5.52. The number of thioether (sulfide) groups is 1. The van der Waals surface area contributed by atoms with Crippen LogP contribution in [0.25, 0.3) is 0 Å². The molecule has 3 nitrogen and oxygen atoms in total. The van der Waals surface area contributed by atoms with Crippen LogP contribution < -0.4 is 15.4 Å². The molecule has 0 saturated carbocycles. The lowest BCUT2D eigenvalue weighted by molar-refractivity contribution is 0.363. The van der Waals surface area contributed by atoms with Crippen molar-refractivity contribution in [1.82, 2.24) is 5.32 Å². The zero-order valence-corrected chi connectivity index (χ0v) is 16.1. The molecule has 2 aromatic rings. The molecule has 0 aliphatic rings. The van der Waals surface area contributed by atoms with E-state index >= 15 is 0 Å². The summed E-state index contributed by atoms with van der Waals surface area (Å²) >= 11 is 7.24. The van der Waals surface area contributed by atoms with Gasteiger partial charge < -0.3 is 15.4 Å². The minimum Gasteiger partial charge on any atom is -0.489 e. The molecule has 0 aliphatic heterocycles. The van der Waals surface area contributed by atoms with Crippen LogP contribution in [0.5, 0.6) is 5.75 Å². The molecule has 0 aromatic heterocycles. The van der Waals surface area contributed by atoms with Gasteiger partial charge in [0.1, 0.15) is 12.4 Å². The normalized spacial score (nSPS) is 10.1. The van der Waals surface area contributed by atoms with Gasteiger partial charge in [0.15, 0.2) is 5.11 Å². The summed E-state index contributed by atoms with van der Waals surface area (Å²) < 4.78 is 5.52. The molecule has 5 heteroatoms. The molecule has 2 aromatic carbocycles. The molecule has 132 valence electrons. The van der Waals surface area contributed by atoms with E-state index in [1.54, 1.807) is 6.08 Å². The zero-order valence-electron chi connectivity index (χ0n) is 14.5. The SMILES string of the molecule is C=CCOc1cccc(NC(=S)NCCSCc2ccccc2C)c1. The zero-order chi connectivity index (χ0) is 17.9. The molecule has 2 N–H and O–H groups in total. The van der Waals surface area contributed by atoms with Crippen molar-refractivity contribution in [2.45, 2.75) is 12.7 Å². The number of benzene rings is 2. The lowest BCUT2D eigenvalue weighted by Crippen LogP contribution is -2.30. The molecule has 0 amide bonds. The highest BCUT2D eigenvalue weighted by atomic mass is 32.2. The summed E-state index contributed by atoms with van der Waals surface area (Å²) in [5.41, 5.74) is 3.65. The Kier molecular flexibility index (Phi) is 8.35. The molecule has 0 atom stereocenters. The first-order valence-corrected chi connectivity index (χ1v) is 9.76. The van der Waals surface area contributed by atoms with Crippen LogP contribution in [0.4, 0.5) is 5.69 Å². The molecule has 0 unspecified atom stereocenters. The van der Waals surface area contributed by atoms with E-state index in [0.717, 1.165) is 29.5 Å². The van der Waals surface area contributed by atoms with E-state index in [2.05, 4.69) is 48.4 Å². The first-order chi connectivity index (χ1) is 12.2. The number of thiocarbonyl (C=S) groups is 1. The van der Waals surface area contributed by atoms with Crippen molar-refractivity contribution >= 4 is 34.8 Å². The molecular formula is C20H24N2OS2. The number of aryl methyl sites for hydroxylation is 1. The smallest absolute Gasteiger partial charge is 0.170 e. The molecule has 0 fully saturated rings. The number of ether oxygens (including phenoxy) is 1. The fourth-order valence-electron chi connectivity index (χ4n) is 2.18. The Morgan fingerprint density at radius 1 is 1.24 bits per heavy atom. The van der Waals surface area contributed by atoms with Crippen LogP contribution in [0, 0.1) is 6.92 Å². The van der Waals surface area contributed by atoms with Gasteiger partial charge in [-0.2, -0.15) is 11.8 Å². The van der Waals surface area contributed by atoms with Gasteiger partial charge in [-0.3, -0.25) is 0 Å². The summed E-state index contributed by atoms with van der Waals surface area (Å²) in [4.78, 5) is 0. The van der Waals surface area contributed by atoms with E-state index in [1.807, 2.05) is 36.0 Å².